The fourth-order valence-electron chi connectivity index (χ4n) is 1.98. The average Bonchev–Trinajstić information content (AvgIpc) is 2.55. The van der Waals surface area contributed by atoms with Crippen molar-refractivity contribution in [2.45, 2.75) is 12.5 Å². The number of anilines is 1. The quantitative estimate of drug-likeness (QED) is 0.569. The summed E-state index contributed by atoms with van der Waals surface area (Å²) in [5.41, 5.74) is 1.32. The van der Waals surface area contributed by atoms with Gasteiger partial charge in [-0.25, -0.2) is 4.98 Å². The number of amides is 2. The van der Waals surface area contributed by atoms with Gasteiger partial charge in [0.15, 0.2) is 0 Å². The summed E-state index contributed by atoms with van der Waals surface area (Å²) in [6.45, 7) is -0.269. The molecule has 0 fully saturated rings. The van der Waals surface area contributed by atoms with Gasteiger partial charge in [0.2, 0.25) is 0 Å². The molecular weight excluding hydrogens is 318 g/mol. The van der Waals surface area contributed by atoms with E-state index in [1.54, 1.807) is 0 Å². The van der Waals surface area contributed by atoms with Crippen LogP contribution in [0, 0.1) is 0 Å². The Morgan fingerprint density at radius 1 is 1.17 bits per heavy atom. The van der Waals surface area contributed by atoms with E-state index in [1.165, 1.54) is 18.3 Å². The number of nitrogens with zero attached hydrogens (tertiary/aromatic N) is 1. The van der Waals surface area contributed by atoms with Crippen molar-refractivity contribution in [3.63, 3.8) is 0 Å². The van der Waals surface area contributed by atoms with Gasteiger partial charge < -0.3 is 15.7 Å². The van der Waals surface area contributed by atoms with E-state index in [0.717, 1.165) is 5.56 Å². The maximum atomic E-state index is 11.9. The van der Waals surface area contributed by atoms with E-state index >= 15 is 0 Å². The van der Waals surface area contributed by atoms with Crippen molar-refractivity contribution in [2.75, 3.05) is 11.9 Å². The molecule has 2 rings (SSSR count). The van der Waals surface area contributed by atoms with Crippen LogP contribution in [0.15, 0.2) is 48.7 Å². The zero-order valence-corrected chi connectivity index (χ0v) is 13.0. The molecule has 0 bridgehead atoms. The third-order valence-corrected chi connectivity index (χ3v) is 3.28. The third-order valence-electron chi connectivity index (χ3n) is 3.07. The Balaban J connectivity index is 1.92. The first-order valence-electron chi connectivity index (χ1n) is 6.96. The Labute approximate surface area is 138 Å². The van der Waals surface area contributed by atoms with Crippen LogP contribution in [0.3, 0.4) is 0 Å². The lowest BCUT2D eigenvalue weighted by Gasteiger charge is -2.16. The number of hydrogen-bond acceptors (Lipinski definition) is 4. The largest absolute Gasteiger partial charge is 0.394 e. The van der Waals surface area contributed by atoms with Crippen LogP contribution in [0.25, 0.3) is 0 Å². The molecule has 6 nitrogen and oxygen atoms in total. The molecule has 1 atom stereocenters. The van der Waals surface area contributed by atoms with E-state index in [0.29, 0.717) is 12.1 Å². The summed E-state index contributed by atoms with van der Waals surface area (Å²) < 4.78 is 0. The first kappa shape index (κ1) is 16.9. The van der Waals surface area contributed by atoms with Gasteiger partial charge in [0.25, 0.3) is 0 Å². The van der Waals surface area contributed by atoms with Crippen molar-refractivity contribution >= 4 is 29.1 Å². The van der Waals surface area contributed by atoms with E-state index in [2.05, 4.69) is 15.6 Å². The van der Waals surface area contributed by atoms with E-state index in [9.17, 15) is 14.7 Å². The number of hydrogen-bond donors (Lipinski definition) is 3. The molecule has 2 amide bonds. The minimum absolute atomic E-state index is 0.209. The number of pyridine rings is 1. The predicted molar refractivity (Wildman–Crippen MR) is 87.0 cm³/mol. The van der Waals surface area contributed by atoms with E-state index in [1.807, 2.05) is 30.3 Å². The lowest BCUT2D eigenvalue weighted by atomic mass is 10.1. The molecule has 0 aliphatic carbocycles. The zero-order chi connectivity index (χ0) is 16.7. The van der Waals surface area contributed by atoms with E-state index in [4.69, 9.17) is 11.6 Å². The minimum atomic E-state index is -0.834. The molecule has 3 N–H and O–H groups in total. The van der Waals surface area contributed by atoms with E-state index in [-0.39, 0.29) is 11.8 Å². The lowest BCUT2D eigenvalue weighted by Crippen LogP contribution is -2.44. The van der Waals surface area contributed by atoms with Crippen LogP contribution in [0.5, 0.6) is 0 Å². The number of carbonyl (C=O) groups is 2. The molecule has 0 saturated heterocycles. The van der Waals surface area contributed by atoms with Crippen LogP contribution >= 0.6 is 11.6 Å². The molecule has 2 aromatic rings. The molecule has 7 heteroatoms. The molecule has 0 aliphatic rings. The number of halogens is 1. The van der Waals surface area contributed by atoms with Crippen LogP contribution in [0.2, 0.25) is 5.15 Å². The van der Waals surface area contributed by atoms with Crippen molar-refractivity contribution in [1.82, 2.24) is 10.3 Å². The molecule has 23 heavy (non-hydrogen) atoms. The molecule has 0 radical (unpaired) electrons. The van der Waals surface area contributed by atoms with Gasteiger partial charge in [-0.05, 0) is 24.1 Å². The topological polar surface area (TPSA) is 91.3 Å². The molecule has 0 aliphatic heterocycles. The number of nitrogens with one attached hydrogen (secondary N) is 2. The SMILES string of the molecule is O=C(Nc1ccnc(Cl)c1)C(=O)N[C@@H](CO)Cc1ccccc1. The molecule has 0 saturated carbocycles. The van der Waals surface area contributed by atoms with Gasteiger partial charge in [-0.15, -0.1) is 0 Å². The van der Waals surface area contributed by atoms with Crippen molar-refractivity contribution in [2.24, 2.45) is 0 Å². The molecule has 1 aromatic heterocycles. The van der Waals surface area contributed by atoms with Crippen LogP contribution in [-0.4, -0.2) is 34.6 Å². The lowest BCUT2D eigenvalue weighted by molar-refractivity contribution is -0.136. The number of benzene rings is 1. The molecule has 120 valence electrons. The van der Waals surface area contributed by atoms with Gasteiger partial charge in [-0.2, -0.15) is 0 Å². The summed E-state index contributed by atoms with van der Waals surface area (Å²) >= 11 is 5.71. The summed E-state index contributed by atoms with van der Waals surface area (Å²) in [5, 5.41) is 14.5. The minimum Gasteiger partial charge on any atom is -0.394 e. The number of aromatic nitrogens is 1. The van der Waals surface area contributed by atoms with Gasteiger partial charge >= 0.3 is 11.8 Å². The van der Waals surface area contributed by atoms with Gasteiger partial charge in [-0.1, -0.05) is 41.9 Å². The highest BCUT2D eigenvalue weighted by molar-refractivity contribution is 6.39. The first-order valence-corrected chi connectivity index (χ1v) is 7.34. The highest BCUT2D eigenvalue weighted by atomic mass is 35.5. The molecular formula is C16H16ClN3O3. The zero-order valence-electron chi connectivity index (χ0n) is 12.2. The van der Waals surface area contributed by atoms with Crippen molar-refractivity contribution in [1.29, 1.82) is 0 Å². The van der Waals surface area contributed by atoms with Gasteiger partial charge in [0.05, 0.1) is 12.6 Å². The molecule has 1 aromatic carbocycles. The van der Waals surface area contributed by atoms with Crippen molar-refractivity contribution in [3.05, 3.63) is 59.4 Å². The Bertz CT molecular complexity index is 679. The highest BCUT2D eigenvalue weighted by Gasteiger charge is 2.18. The van der Waals surface area contributed by atoms with Crippen molar-refractivity contribution < 1.29 is 14.7 Å². The average molecular weight is 334 g/mol. The summed E-state index contributed by atoms with van der Waals surface area (Å²) in [6.07, 6.45) is 1.85. The molecule has 0 spiro atoms. The second kappa shape index (κ2) is 8.26. The summed E-state index contributed by atoms with van der Waals surface area (Å²) in [7, 11) is 0. The van der Waals surface area contributed by atoms with Gasteiger partial charge in [0, 0.05) is 11.9 Å². The second-order valence-corrected chi connectivity index (χ2v) is 5.25. The molecule has 1 heterocycles. The van der Waals surface area contributed by atoms with Gasteiger partial charge in [0.1, 0.15) is 5.15 Å². The van der Waals surface area contributed by atoms with E-state index < -0.39 is 17.9 Å². The van der Waals surface area contributed by atoms with Crippen LogP contribution in [-0.2, 0) is 16.0 Å². The smallest absolute Gasteiger partial charge is 0.313 e. The number of aliphatic hydroxyl groups is 1. The predicted octanol–water partition coefficient (Wildman–Crippen LogP) is 1.39. The second-order valence-electron chi connectivity index (χ2n) is 4.86. The Kier molecular flexibility index (Phi) is 6.08. The summed E-state index contributed by atoms with van der Waals surface area (Å²) in [5.74, 6) is -1.66. The fourth-order valence-corrected chi connectivity index (χ4v) is 2.15. The fraction of sp³-hybridized carbons (Fsp3) is 0.188. The summed E-state index contributed by atoms with van der Waals surface area (Å²) in [4.78, 5) is 27.5. The number of rotatable bonds is 5. The van der Waals surface area contributed by atoms with Crippen molar-refractivity contribution in [3.8, 4) is 0 Å². The Morgan fingerprint density at radius 2 is 1.91 bits per heavy atom. The Hall–Kier alpha value is -2.44. The maximum Gasteiger partial charge on any atom is 0.313 e. The standard InChI is InChI=1S/C16H16ClN3O3/c17-14-9-12(6-7-18-14)19-15(22)16(23)20-13(10-21)8-11-4-2-1-3-5-11/h1-7,9,13,21H,8,10H2,(H,20,23)(H,18,19,22)/t13-/m1/s1. The van der Waals surface area contributed by atoms with Gasteiger partial charge in [-0.3, -0.25) is 9.59 Å². The first-order chi connectivity index (χ1) is 11.1. The number of carbonyl (C=O) groups excluding carboxylic acids is 2. The monoisotopic (exact) mass is 333 g/mol. The highest BCUT2D eigenvalue weighted by Crippen LogP contribution is 2.11. The number of aliphatic hydroxyl groups excluding tert-OH is 1. The third kappa shape index (κ3) is 5.36. The van der Waals surface area contributed by atoms with Crippen LogP contribution < -0.4 is 10.6 Å². The van der Waals surface area contributed by atoms with Crippen LogP contribution in [0.4, 0.5) is 5.69 Å². The summed E-state index contributed by atoms with van der Waals surface area (Å²) in [6, 6.07) is 11.8. The maximum absolute atomic E-state index is 11.9. The van der Waals surface area contributed by atoms with Crippen LogP contribution in [0.1, 0.15) is 5.56 Å². The normalized spacial score (nSPS) is 11.6. The Morgan fingerprint density at radius 3 is 2.57 bits per heavy atom. The molecule has 0 unspecified atom stereocenters.